The summed E-state index contributed by atoms with van der Waals surface area (Å²) in [7, 11) is 1.57. The molecule has 0 aromatic heterocycles. The van der Waals surface area contributed by atoms with Gasteiger partial charge in [0.1, 0.15) is 5.75 Å². The lowest BCUT2D eigenvalue weighted by atomic mass is 10.1. The molecule has 2 aromatic rings. The molecule has 5 nitrogen and oxygen atoms in total. The summed E-state index contributed by atoms with van der Waals surface area (Å²) in [5.41, 5.74) is 2.40. The number of aromatic hydroxyl groups is 1. The van der Waals surface area contributed by atoms with Gasteiger partial charge in [-0.25, -0.2) is 4.79 Å². The van der Waals surface area contributed by atoms with E-state index >= 15 is 0 Å². The van der Waals surface area contributed by atoms with E-state index in [0.29, 0.717) is 30.3 Å². The van der Waals surface area contributed by atoms with Crippen molar-refractivity contribution >= 4 is 23.3 Å². The van der Waals surface area contributed by atoms with Gasteiger partial charge < -0.3 is 20.5 Å². The summed E-state index contributed by atoms with van der Waals surface area (Å²) in [6.45, 7) is 0.805. The van der Waals surface area contributed by atoms with Crippen molar-refractivity contribution in [1.82, 2.24) is 5.32 Å². The van der Waals surface area contributed by atoms with E-state index in [9.17, 15) is 9.90 Å². The zero-order chi connectivity index (χ0) is 16.7. The van der Waals surface area contributed by atoms with Crippen molar-refractivity contribution in [2.75, 3.05) is 19.0 Å². The lowest BCUT2D eigenvalue weighted by Crippen LogP contribution is -2.30. The zero-order valence-electron chi connectivity index (χ0n) is 12.8. The molecular formula is C17H19ClN2O3. The highest BCUT2D eigenvalue weighted by Crippen LogP contribution is 2.25. The number of nitrogens with one attached hydrogen (secondary N) is 2. The molecular weight excluding hydrogens is 316 g/mol. The molecule has 0 unspecified atom stereocenters. The predicted octanol–water partition coefficient (Wildman–Crippen LogP) is 3.56. The number of phenols is 1. The van der Waals surface area contributed by atoms with E-state index in [1.165, 1.54) is 0 Å². The van der Waals surface area contributed by atoms with Crippen molar-refractivity contribution in [3.63, 3.8) is 0 Å². The van der Waals surface area contributed by atoms with E-state index in [1.54, 1.807) is 37.4 Å². The molecule has 2 amide bonds. The maximum absolute atomic E-state index is 12.0. The van der Waals surface area contributed by atoms with Crippen LogP contribution >= 0.6 is 11.6 Å². The Morgan fingerprint density at radius 2 is 1.96 bits per heavy atom. The third-order valence-electron chi connectivity index (χ3n) is 3.29. The number of anilines is 1. The Balaban J connectivity index is 1.87. The van der Waals surface area contributed by atoms with Gasteiger partial charge in [-0.2, -0.15) is 0 Å². The number of amides is 2. The van der Waals surface area contributed by atoms with Gasteiger partial charge in [-0.3, -0.25) is 0 Å². The number of hydrogen-bond acceptors (Lipinski definition) is 3. The molecule has 0 spiro atoms. The molecule has 0 saturated carbocycles. The van der Waals surface area contributed by atoms with Crippen LogP contribution in [-0.2, 0) is 17.8 Å². The van der Waals surface area contributed by atoms with Crippen LogP contribution in [0.3, 0.4) is 0 Å². The third-order valence-corrected chi connectivity index (χ3v) is 3.65. The molecule has 0 aliphatic heterocycles. The van der Waals surface area contributed by atoms with Crippen molar-refractivity contribution in [2.45, 2.75) is 13.0 Å². The summed E-state index contributed by atoms with van der Waals surface area (Å²) in [5, 5.41) is 15.3. The monoisotopic (exact) mass is 334 g/mol. The van der Waals surface area contributed by atoms with Crippen molar-refractivity contribution in [3.05, 3.63) is 58.6 Å². The van der Waals surface area contributed by atoms with Crippen molar-refractivity contribution in [1.29, 1.82) is 0 Å². The average Bonchev–Trinajstić information content (AvgIpc) is 2.53. The number of benzene rings is 2. The molecule has 0 aliphatic rings. The van der Waals surface area contributed by atoms with Crippen LogP contribution in [-0.4, -0.2) is 24.8 Å². The Morgan fingerprint density at radius 1 is 1.22 bits per heavy atom. The number of carbonyl (C=O) groups is 1. The molecule has 2 rings (SSSR count). The van der Waals surface area contributed by atoms with Gasteiger partial charge in [0.05, 0.1) is 6.61 Å². The molecule has 0 atom stereocenters. The highest BCUT2D eigenvalue weighted by Gasteiger charge is 2.09. The van der Waals surface area contributed by atoms with Gasteiger partial charge in [0.25, 0.3) is 0 Å². The number of halogens is 1. The number of ether oxygens (including phenoxy) is 1. The van der Waals surface area contributed by atoms with Gasteiger partial charge in [-0.05, 0) is 36.2 Å². The minimum absolute atomic E-state index is 0.228. The van der Waals surface area contributed by atoms with E-state index in [2.05, 4.69) is 10.6 Å². The third kappa shape index (κ3) is 5.16. The van der Waals surface area contributed by atoms with Crippen molar-refractivity contribution in [2.24, 2.45) is 0 Å². The second kappa shape index (κ2) is 8.41. The fourth-order valence-electron chi connectivity index (χ4n) is 2.12. The van der Waals surface area contributed by atoms with Gasteiger partial charge in [-0.1, -0.05) is 29.8 Å². The van der Waals surface area contributed by atoms with Gasteiger partial charge in [-0.15, -0.1) is 0 Å². The van der Waals surface area contributed by atoms with Gasteiger partial charge in [0.15, 0.2) is 0 Å². The van der Waals surface area contributed by atoms with Crippen LogP contribution in [0.5, 0.6) is 5.75 Å². The Kier molecular flexibility index (Phi) is 6.26. The van der Waals surface area contributed by atoms with E-state index in [4.69, 9.17) is 16.3 Å². The van der Waals surface area contributed by atoms with Crippen molar-refractivity contribution in [3.8, 4) is 5.75 Å². The maximum Gasteiger partial charge on any atom is 0.319 e. The van der Waals surface area contributed by atoms with E-state index in [-0.39, 0.29) is 11.8 Å². The quantitative estimate of drug-likeness (QED) is 0.756. The molecule has 3 N–H and O–H groups in total. The summed E-state index contributed by atoms with van der Waals surface area (Å²) < 4.78 is 5.10. The minimum atomic E-state index is -0.302. The Labute approximate surface area is 140 Å². The maximum atomic E-state index is 12.0. The second-order valence-corrected chi connectivity index (χ2v) is 5.40. The minimum Gasteiger partial charge on any atom is -0.508 e. The smallest absolute Gasteiger partial charge is 0.319 e. The van der Waals surface area contributed by atoms with E-state index < -0.39 is 0 Å². The lowest BCUT2D eigenvalue weighted by Gasteiger charge is -2.13. The second-order valence-electron chi connectivity index (χ2n) is 5.00. The summed E-state index contributed by atoms with van der Waals surface area (Å²) in [6.07, 6.45) is 0.675. The highest BCUT2D eigenvalue weighted by molar-refractivity contribution is 6.31. The SMILES string of the molecule is COCc1c(Cl)cccc1NC(=O)NCCc1ccc(O)cc1. The number of urea groups is 1. The standard InChI is InChI=1S/C17H19ClN2O3/c1-23-11-14-15(18)3-2-4-16(14)20-17(22)19-10-9-12-5-7-13(21)8-6-12/h2-8,21H,9-11H2,1H3,(H2,19,20,22). The number of phenolic OH excluding ortho intramolecular Hbond substituents is 1. The zero-order valence-corrected chi connectivity index (χ0v) is 13.6. The molecule has 2 aromatic carbocycles. The van der Waals surface area contributed by atoms with Crippen molar-refractivity contribution < 1.29 is 14.6 Å². The van der Waals surface area contributed by atoms with E-state index in [0.717, 1.165) is 11.1 Å². The number of hydrogen-bond donors (Lipinski definition) is 3. The Morgan fingerprint density at radius 3 is 2.65 bits per heavy atom. The van der Waals surface area contributed by atoms with Crippen LogP contribution in [0.15, 0.2) is 42.5 Å². The van der Waals surface area contributed by atoms with Gasteiger partial charge in [0, 0.05) is 29.9 Å². The molecule has 0 fully saturated rings. The first kappa shape index (κ1) is 17.1. The summed E-state index contributed by atoms with van der Waals surface area (Å²) in [5.74, 6) is 0.228. The van der Waals surface area contributed by atoms with Crippen LogP contribution < -0.4 is 10.6 Å². The summed E-state index contributed by atoms with van der Waals surface area (Å²) >= 11 is 6.12. The first-order valence-corrected chi connectivity index (χ1v) is 7.57. The summed E-state index contributed by atoms with van der Waals surface area (Å²) in [6, 6.07) is 11.9. The molecule has 0 radical (unpaired) electrons. The molecule has 122 valence electrons. The topological polar surface area (TPSA) is 70.6 Å². The van der Waals surface area contributed by atoms with Crippen LogP contribution in [0.2, 0.25) is 5.02 Å². The molecule has 23 heavy (non-hydrogen) atoms. The predicted molar refractivity (Wildman–Crippen MR) is 91.0 cm³/mol. The van der Waals surface area contributed by atoms with Crippen LogP contribution in [0.4, 0.5) is 10.5 Å². The van der Waals surface area contributed by atoms with E-state index in [1.807, 2.05) is 12.1 Å². The lowest BCUT2D eigenvalue weighted by molar-refractivity contribution is 0.185. The molecule has 6 heteroatoms. The molecule has 0 bridgehead atoms. The normalized spacial score (nSPS) is 10.3. The number of carbonyl (C=O) groups excluding carboxylic acids is 1. The van der Waals surface area contributed by atoms with Gasteiger partial charge >= 0.3 is 6.03 Å². The first-order valence-electron chi connectivity index (χ1n) is 7.19. The molecule has 0 heterocycles. The Hall–Kier alpha value is -2.24. The fraction of sp³-hybridized carbons (Fsp3) is 0.235. The van der Waals surface area contributed by atoms with Crippen LogP contribution in [0.25, 0.3) is 0 Å². The van der Waals surface area contributed by atoms with Gasteiger partial charge in [0.2, 0.25) is 0 Å². The summed E-state index contributed by atoms with van der Waals surface area (Å²) in [4.78, 5) is 12.0. The Bertz CT molecular complexity index is 659. The molecule has 0 saturated heterocycles. The number of methoxy groups -OCH3 is 1. The number of rotatable bonds is 6. The van der Waals surface area contributed by atoms with Crippen LogP contribution in [0.1, 0.15) is 11.1 Å². The molecule has 0 aliphatic carbocycles. The average molecular weight is 335 g/mol. The largest absolute Gasteiger partial charge is 0.508 e. The van der Waals surface area contributed by atoms with Crippen LogP contribution in [0, 0.1) is 0 Å². The fourth-order valence-corrected chi connectivity index (χ4v) is 2.35. The first-order chi connectivity index (χ1) is 11.1. The highest BCUT2D eigenvalue weighted by atomic mass is 35.5.